The third kappa shape index (κ3) is 6.22. The number of ether oxygens (including phenoxy) is 2. The van der Waals surface area contributed by atoms with Gasteiger partial charge in [-0.2, -0.15) is 0 Å². The SMILES string of the molecule is COc1ccc(C(C(=O)NC2CCCCC2)N(C(=O)Cc2cccs2)c2ccc(OC)cc2)cc1. The zero-order chi connectivity index (χ0) is 24.6. The number of amides is 2. The van der Waals surface area contributed by atoms with Crippen LogP contribution in [0.15, 0.2) is 66.0 Å². The van der Waals surface area contributed by atoms with Crippen LogP contribution in [0.25, 0.3) is 0 Å². The standard InChI is InChI=1S/C28H32N2O4S/c1-33-23-14-10-20(11-15-23)27(28(32)29-21-7-4-3-5-8-21)30(22-12-16-24(34-2)17-13-22)26(31)19-25-9-6-18-35-25/h6,9-18,21,27H,3-5,7-8,19H2,1-2H3,(H,29,32). The van der Waals surface area contributed by atoms with E-state index in [1.807, 2.05) is 66.0 Å². The second kappa shape index (κ2) is 11.9. The lowest BCUT2D eigenvalue weighted by molar-refractivity contribution is -0.127. The molecule has 35 heavy (non-hydrogen) atoms. The molecule has 2 aromatic carbocycles. The molecule has 184 valence electrons. The van der Waals surface area contributed by atoms with Crippen molar-refractivity contribution in [1.29, 1.82) is 0 Å². The van der Waals surface area contributed by atoms with Crippen LogP contribution in [-0.2, 0) is 16.0 Å². The normalized spacial score (nSPS) is 14.7. The summed E-state index contributed by atoms with van der Waals surface area (Å²) in [6.07, 6.45) is 5.56. The fourth-order valence-electron chi connectivity index (χ4n) is 4.56. The van der Waals surface area contributed by atoms with Crippen LogP contribution in [0.5, 0.6) is 11.5 Å². The fourth-order valence-corrected chi connectivity index (χ4v) is 5.25. The minimum atomic E-state index is -0.816. The van der Waals surface area contributed by atoms with Gasteiger partial charge in [0.2, 0.25) is 11.8 Å². The third-order valence-electron chi connectivity index (χ3n) is 6.41. The van der Waals surface area contributed by atoms with Crippen LogP contribution in [0.4, 0.5) is 5.69 Å². The van der Waals surface area contributed by atoms with E-state index in [0.29, 0.717) is 17.2 Å². The summed E-state index contributed by atoms with van der Waals surface area (Å²) < 4.78 is 10.6. The van der Waals surface area contributed by atoms with Crippen LogP contribution < -0.4 is 19.7 Å². The minimum absolute atomic E-state index is 0.127. The zero-order valence-corrected chi connectivity index (χ0v) is 21.1. The highest BCUT2D eigenvalue weighted by Gasteiger charge is 2.34. The number of nitrogens with one attached hydrogen (secondary N) is 1. The Kier molecular flexibility index (Phi) is 8.42. The van der Waals surface area contributed by atoms with E-state index in [-0.39, 0.29) is 24.3 Å². The van der Waals surface area contributed by atoms with Gasteiger partial charge in [0.05, 0.1) is 20.6 Å². The molecule has 0 bridgehead atoms. The van der Waals surface area contributed by atoms with Crippen LogP contribution >= 0.6 is 11.3 Å². The molecular formula is C28H32N2O4S. The summed E-state index contributed by atoms with van der Waals surface area (Å²) in [6.45, 7) is 0. The van der Waals surface area contributed by atoms with Crippen LogP contribution in [0, 0.1) is 0 Å². The van der Waals surface area contributed by atoms with Crippen LogP contribution in [0.2, 0.25) is 0 Å². The van der Waals surface area contributed by atoms with Gasteiger partial charge in [0.15, 0.2) is 0 Å². The molecule has 1 N–H and O–H groups in total. The summed E-state index contributed by atoms with van der Waals surface area (Å²) in [5, 5.41) is 5.20. The molecule has 0 saturated heterocycles. The molecular weight excluding hydrogens is 460 g/mol. The largest absolute Gasteiger partial charge is 0.497 e. The van der Waals surface area contributed by atoms with E-state index < -0.39 is 6.04 Å². The summed E-state index contributed by atoms with van der Waals surface area (Å²) in [4.78, 5) is 30.2. The maximum absolute atomic E-state index is 13.9. The van der Waals surface area contributed by atoms with Crippen LogP contribution in [0.3, 0.4) is 0 Å². The number of methoxy groups -OCH3 is 2. The highest BCUT2D eigenvalue weighted by molar-refractivity contribution is 7.10. The molecule has 1 fully saturated rings. The molecule has 0 spiro atoms. The molecule has 6 nitrogen and oxygen atoms in total. The molecule has 1 saturated carbocycles. The highest BCUT2D eigenvalue weighted by atomic mass is 32.1. The van der Waals surface area contributed by atoms with Gasteiger partial charge in [0, 0.05) is 16.6 Å². The van der Waals surface area contributed by atoms with Crippen molar-refractivity contribution in [3.63, 3.8) is 0 Å². The summed E-state index contributed by atoms with van der Waals surface area (Å²) >= 11 is 1.53. The number of nitrogens with zero attached hydrogens (tertiary/aromatic N) is 1. The maximum atomic E-state index is 13.9. The van der Waals surface area contributed by atoms with Crippen molar-refractivity contribution in [3.8, 4) is 11.5 Å². The smallest absolute Gasteiger partial charge is 0.248 e. The first-order valence-corrected chi connectivity index (χ1v) is 12.9. The average Bonchev–Trinajstić information content (AvgIpc) is 3.41. The van der Waals surface area contributed by atoms with Gasteiger partial charge in [-0.1, -0.05) is 37.5 Å². The first-order valence-electron chi connectivity index (χ1n) is 12.0. The summed E-state index contributed by atoms with van der Waals surface area (Å²) in [7, 11) is 3.21. The molecule has 0 aliphatic heterocycles. The van der Waals surface area contributed by atoms with Gasteiger partial charge in [0.25, 0.3) is 0 Å². The van der Waals surface area contributed by atoms with Crippen molar-refractivity contribution >= 4 is 28.8 Å². The van der Waals surface area contributed by atoms with E-state index in [4.69, 9.17) is 9.47 Å². The van der Waals surface area contributed by atoms with Gasteiger partial charge in [-0.15, -0.1) is 11.3 Å². The number of hydrogen-bond donors (Lipinski definition) is 1. The molecule has 7 heteroatoms. The molecule has 1 aromatic heterocycles. The van der Waals surface area contributed by atoms with Gasteiger partial charge in [0.1, 0.15) is 17.5 Å². The molecule has 0 radical (unpaired) electrons. The molecule has 1 aliphatic carbocycles. The monoisotopic (exact) mass is 492 g/mol. The van der Waals surface area contributed by atoms with E-state index in [0.717, 1.165) is 36.1 Å². The lowest BCUT2D eigenvalue weighted by Crippen LogP contribution is -2.47. The van der Waals surface area contributed by atoms with Gasteiger partial charge < -0.3 is 14.8 Å². The Hall–Kier alpha value is -3.32. The maximum Gasteiger partial charge on any atom is 0.248 e. The van der Waals surface area contributed by atoms with E-state index >= 15 is 0 Å². The molecule has 3 aromatic rings. The molecule has 2 amide bonds. The van der Waals surface area contributed by atoms with Crippen molar-refractivity contribution in [2.45, 2.75) is 50.6 Å². The number of rotatable bonds is 9. The average molecular weight is 493 g/mol. The first kappa shape index (κ1) is 24.8. The van der Waals surface area contributed by atoms with Gasteiger partial charge >= 0.3 is 0 Å². The number of thiophene rings is 1. The lowest BCUT2D eigenvalue weighted by atomic mass is 9.94. The summed E-state index contributed by atoms with van der Waals surface area (Å²) in [5.74, 6) is 1.07. The van der Waals surface area contributed by atoms with E-state index in [1.165, 1.54) is 17.8 Å². The Morgan fingerprint density at radius 1 is 0.943 bits per heavy atom. The molecule has 1 unspecified atom stereocenters. The van der Waals surface area contributed by atoms with Crippen molar-refractivity contribution in [2.75, 3.05) is 19.1 Å². The second-order valence-electron chi connectivity index (χ2n) is 8.74. The van der Waals surface area contributed by atoms with Crippen molar-refractivity contribution in [2.24, 2.45) is 0 Å². The van der Waals surface area contributed by atoms with E-state index in [1.54, 1.807) is 19.1 Å². The Bertz CT molecular complexity index is 1090. The van der Waals surface area contributed by atoms with Crippen molar-refractivity contribution in [1.82, 2.24) is 5.32 Å². The molecule has 4 rings (SSSR count). The second-order valence-corrected chi connectivity index (χ2v) is 9.77. The molecule has 1 atom stereocenters. The first-order chi connectivity index (χ1) is 17.1. The Morgan fingerprint density at radius 2 is 1.57 bits per heavy atom. The molecule has 1 aliphatic rings. The minimum Gasteiger partial charge on any atom is -0.497 e. The highest BCUT2D eigenvalue weighted by Crippen LogP contribution is 2.32. The summed E-state index contributed by atoms with van der Waals surface area (Å²) in [5.41, 5.74) is 1.38. The van der Waals surface area contributed by atoms with E-state index in [9.17, 15) is 9.59 Å². The van der Waals surface area contributed by atoms with Crippen molar-refractivity contribution < 1.29 is 19.1 Å². The number of carbonyl (C=O) groups excluding carboxylic acids is 2. The number of benzene rings is 2. The summed E-state index contributed by atoms with van der Waals surface area (Å²) in [6, 6.07) is 17.8. The number of carbonyl (C=O) groups is 2. The Labute approximate surface area is 210 Å². The van der Waals surface area contributed by atoms with Gasteiger partial charge in [-0.3, -0.25) is 14.5 Å². The quantitative estimate of drug-likeness (QED) is 0.426. The van der Waals surface area contributed by atoms with E-state index in [2.05, 4.69) is 5.32 Å². The predicted molar refractivity (Wildman–Crippen MR) is 139 cm³/mol. The third-order valence-corrected chi connectivity index (χ3v) is 7.29. The van der Waals surface area contributed by atoms with Gasteiger partial charge in [-0.05, 0) is 66.2 Å². The van der Waals surface area contributed by atoms with Gasteiger partial charge in [-0.25, -0.2) is 0 Å². The number of hydrogen-bond acceptors (Lipinski definition) is 5. The predicted octanol–water partition coefficient (Wildman–Crippen LogP) is 5.53. The van der Waals surface area contributed by atoms with Crippen LogP contribution in [0.1, 0.15) is 48.6 Å². The Balaban J connectivity index is 1.74. The fraction of sp³-hybridized carbons (Fsp3) is 0.357. The topological polar surface area (TPSA) is 67.9 Å². The zero-order valence-electron chi connectivity index (χ0n) is 20.2. The van der Waals surface area contributed by atoms with Crippen LogP contribution in [-0.4, -0.2) is 32.1 Å². The van der Waals surface area contributed by atoms with Crippen molar-refractivity contribution in [3.05, 3.63) is 76.5 Å². The Morgan fingerprint density at radius 3 is 2.14 bits per heavy atom. The lowest BCUT2D eigenvalue weighted by Gasteiger charge is -2.33. The molecule has 1 heterocycles. The number of anilines is 1.